The predicted molar refractivity (Wildman–Crippen MR) is 93.8 cm³/mol. The summed E-state index contributed by atoms with van der Waals surface area (Å²) in [6.07, 6.45) is 6.56. The molecule has 1 saturated carbocycles. The van der Waals surface area contributed by atoms with E-state index in [1.807, 2.05) is 16.9 Å². The average molecular weight is 341 g/mol. The topological polar surface area (TPSA) is 46.9 Å². The molecule has 5 heteroatoms. The standard InChI is InChI=1S/C20H24FN3O/c1-20(2)10-17(23-19(25)8-13-6-7-13)16-12-22-24(18(16)11-20)15-5-3-4-14(21)9-15/h3-5,9,12-13,17H,6-8,10-11H2,1-2H3,(H,23,25). The summed E-state index contributed by atoms with van der Waals surface area (Å²) in [6.45, 7) is 4.41. The molecular formula is C20H24FN3O. The third kappa shape index (κ3) is 3.46. The normalized spacial score (nSPS) is 21.6. The van der Waals surface area contributed by atoms with E-state index in [2.05, 4.69) is 24.3 Å². The lowest BCUT2D eigenvalue weighted by Gasteiger charge is -2.36. The predicted octanol–water partition coefficient (Wildman–Crippen LogP) is 3.94. The summed E-state index contributed by atoms with van der Waals surface area (Å²) < 4.78 is 15.4. The highest BCUT2D eigenvalue weighted by molar-refractivity contribution is 5.77. The molecule has 132 valence electrons. The molecule has 25 heavy (non-hydrogen) atoms. The number of halogens is 1. The number of amides is 1. The summed E-state index contributed by atoms with van der Waals surface area (Å²) in [5, 5.41) is 7.72. The van der Waals surface area contributed by atoms with Crippen LogP contribution in [0, 0.1) is 17.2 Å². The van der Waals surface area contributed by atoms with E-state index in [0.29, 0.717) is 12.3 Å². The third-order valence-electron chi connectivity index (χ3n) is 5.24. The third-order valence-corrected chi connectivity index (χ3v) is 5.24. The summed E-state index contributed by atoms with van der Waals surface area (Å²) in [7, 11) is 0. The SMILES string of the molecule is CC1(C)Cc2c(cnn2-c2cccc(F)c2)C(NC(=O)CC2CC2)C1. The molecule has 4 rings (SSSR count). The van der Waals surface area contributed by atoms with Crippen LogP contribution in [0.3, 0.4) is 0 Å². The first-order chi connectivity index (χ1) is 11.9. The van der Waals surface area contributed by atoms with E-state index in [0.717, 1.165) is 29.8 Å². The Kier molecular flexibility index (Phi) is 3.89. The second kappa shape index (κ2) is 5.97. The molecule has 0 spiro atoms. The number of aromatic nitrogens is 2. The van der Waals surface area contributed by atoms with Crippen molar-refractivity contribution in [2.24, 2.45) is 11.3 Å². The van der Waals surface area contributed by atoms with Crippen molar-refractivity contribution in [3.63, 3.8) is 0 Å². The van der Waals surface area contributed by atoms with Crippen LogP contribution < -0.4 is 5.32 Å². The lowest BCUT2D eigenvalue weighted by atomic mass is 9.74. The van der Waals surface area contributed by atoms with Crippen LogP contribution in [0.25, 0.3) is 5.69 Å². The zero-order valence-electron chi connectivity index (χ0n) is 14.8. The Bertz CT molecular complexity index is 807. The summed E-state index contributed by atoms with van der Waals surface area (Å²) in [5.74, 6) is 0.437. The fourth-order valence-corrected chi connectivity index (χ4v) is 3.84. The minimum Gasteiger partial charge on any atom is -0.349 e. The van der Waals surface area contributed by atoms with Crippen LogP contribution in [-0.2, 0) is 11.2 Å². The fraction of sp³-hybridized carbons (Fsp3) is 0.500. The molecular weight excluding hydrogens is 317 g/mol. The van der Waals surface area contributed by atoms with E-state index in [1.54, 1.807) is 6.07 Å². The number of nitrogens with zero attached hydrogens (tertiary/aromatic N) is 2. The van der Waals surface area contributed by atoms with Gasteiger partial charge in [0.25, 0.3) is 0 Å². The largest absolute Gasteiger partial charge is 0.349 e. The molecule has 1 atom stereocenters. The molecule has 0 saturated heterocycles. The molecule has 0 radical (unpaired) electrons. The van der Waals surface area contributed by atoms with Crippen LogP contribution in [0.2, 0.25) is 0 Å². The highest BCUT2D eigenvalue weighted by Gasteiger charge is 2.36. The summed E-state index contributed by atoms with van der Waals surface area (Å²) in [5.41, 5.74) is 2.91. The molecule has 4 nitrogen and oxygen atoms in total. The average Bonchev–Trinajstić information content (AvgIpc) is 3.23. The van der Waals surface area contributed by atoms with Gasteiger partial charge in [0.05, 0.1) is 23.6 Å². The first-order valence-corrected chi connectivity index (χ1v) is 9.03. The molecule has 0 aliphatic heterocycles. The number of benzene rings is 1. The van der Waals surface area contributed by atoms with Gasteiger partial charge in [-0.2, -0.15) is 5.10 Å². The molecule has 1 fully saturated rings. The number of carbonyl (C=O) groups excluding carboxylic acids is 1. The van der Waals surface area contributed by atoms with Gasteiger partial charge in [0, 0.05) is 12.0 Å². The van der Waals surface area contributed by atoms with Gasteiger partial charge in [-0.3, -0.25) is 4.79 Å². The minimum atomic E-state index is -0.272. The molecule has 1 heterocycles. The first kappa shape index (κ1) is 16.3. The van der Waals surface area contributed by atoms with E-state index in [1.165, 1.54) is 25.0 Å². The van der Waals surface area contributed by atoms with Crippen LogP contribution >= 0.6 is 0 Å². The highest BCUT2D eigenvalue weighted by Crippen LogP contribution is 2.41. The Hall–Kier alpha value is -2.17. The van der Waals surface area contributed by atoms with E-state index in [9.17, 15) is 9.18 Å². The Labute approximate surface area is 147 Å². The Balaban J connectivity index is 1.65. The Morgan fingerprint density at radius 1 is 1.40 bits per heavy atom. The van der Waals surface area contributed by atoms with Gasteiger partial charge in [-0.25, -0.2) is 9.07 Å². The maximum Gasteiger partial charge on any atom is 0.220 e. The number of carbonyl (C=O) groups is 1. The quantitative estimate of drug-likeness (QED) is 0.915. The molecule has 2 aromatic rings. The second-order valence-electron chi connectivity index (χ2n) is 8.25. The Morgan fingerprint density at radius 2 is 2.20 bits per heavy atom. The molecule has 1 amide bonds. The van der Waals surface area contributed by atoms with Gasteiger partial charge in [-0.1, -0.05) is 19.9 Å². The maximum atomic E-state index is 13.6. The van der Waals surface area contributed by atoms with Crippen molar-refractivity contribution in [2.45, 2.75) is 52.0 Å². The second-order valence-corrected chi connectivity index (χ2v) is 8.25. The monoisotopic (exact) mass is 341 g/mol. The number of hydrogen-bond donors (Lipinski definition) is 1. The van der Waals surface area contributed by atoms with E-state index in [-0.39, 0.29) is 23.2 Å². The minimum absolute atomic E-state index is 0.0210. The van der Waals surface area contributed by atoms with Gasteiger partial charge < -0.3 is 5.32 Å². The van der Waals surface area contributed by atoms with Crippen LogP contribution in [0.4, 0.5) is 4.39 Å². The van der Waals surface area contributed by atoms with Crippen LogP contribution in [0.15, 0.2) is 30.5 Å². The number of hydrogen-bond acceptors (Lipinski definition) is 2. The molecule has 1 aromatic carbocycles. The zero-order chi connectivity index (χ0) is 17.6. The van der Waals surface area contributed by atoms with E-state index in [4.69, 9.17) is 0 Å². The summed E-state index contributed by atoms with van der Waals surface area (Å²) in [4.78, 5) is 12.3. The summed E-state index contributed by atoms with van der Waals surface area (Å²) in [6, 6.07) is 6.47. The van der Waals surface area contributed by atoms with Gasteiger partial charge in [-0.05, 0) is 55.2 Å². The van der Waals surface area contributed by atoms with Crippen molar-refractivity contribution in [3.05, 3.63) is 47.5 Å². The van der Waals surface area contributed by atoms with Gasteiger partial charge in [0.2, 0.25) is 5.91 Å². The fourth-order valence-electron chi connectivity index (χ4n) is 3.84. The number of rotatable bonds is 4. The van der Waals surface area contributed by atoms with Gasteiger partial charge in [-0.15, -0.1) is 0 Å². The smallest absolute Gasteiger partial charge is 0.220 e. The van der Waals surface area contributed by atoms with E-state index < -0.39 is 0 Å². The zero-order valence-corrected chi connectivity index (χ0v) is 14.8. The van der Waals surface area contributed by atoms with Crippen molar-refractivity contribution >= 4 is 5.91 Å². The number of fused-ring (bicyclic) bond motifs is 1. The van der Waals surface area contributed by atoms with Crippen LogP contribution in [0.1, 0.15) is 56.8 Å². The highest BCUT2D eigenvalue weighted by atomic mass is 19.1. The molecule has 0 bridgehead atoms. The lowest BCUT2D eigenvalue weighted by Crippen LogP contribution is -2.36. The van der Waals surface area contributed by atoms with Crippen molar-refractivity contribution in [1.82, 2.24) is 15.1 Å². The molecule has 2 aliphatic rings. The molecule has 1 unspecified atom stereocenters. The number of nitrogens with one attached hydrogen (secondary N) is 1. The lowest BCUT2D eigenvalue weighted by molar-refractivity contribution is -0.122. The van der Waals surface area contributed by atoms with Crippen LogP contribution in [-0.4, -0.2) is 15.7 Å². The molecule has 2 aliphatic carbocycles. The Morgan fingerprint density at radius 3 is 2.92 bits per heavy atom. The van der Waals surface area contributed by atoms with Crippen LogP contribution in [0.5, 0.6) is 0 Å². The first-order valence-electron chi connectivity index (χ1n) is 9.03. The van der Waals surface area contributed by atoms with Crippen molar-refractivity contribution in [1.29, 1.82) is 0 Å². The van der Waals surface area contributed by atoms with Crippen molar-refractivity contribution in [3.8, 4) is 5.69 Å². The van der Waals surface area contributed by atoms with Crippen molar-refractivity contribution < 1.29 is 9.18 Å². The van der Waals surface area contributed by atoms with Gasteiger partial charge in [0.1, 0.15) is 5.82 Å². The maximum absolute atomic E-state index is 13.6. The van der Waals surface area contributed by atoms with Gasteiger partial charge in [0.15, 0.2) is 0 Å². The summed E-state index contributed by atoms with van der Waals surface area (Å²) >= 11 is 0. The van der Waals surface area contributed by atoms with Gasteiger partial charge >= 0.3 is 0 Å². The molecule has 1 N–H and O–H groups in total. The van der Waals surface area contributed by atoms with E-state index >= 15 is 0 Å². The molecule has 1 aromatic heterocycles. The van der Waals surface area contributed by atoms with Crippen molar-refractivity contribution in [2.75, 3.05) is 0 Å².